The number of aromatic hydroxyl groups is 2. The molecule has 0 saturated carbocycles. The molecular formula is C26H24O10. The molecule has 0 aromatic heterocycles. The van der Waals surface area contributed by atoms with Crippen LogP contribution in [-0.2, 0) is 15.1 Å². The van der Waals surface area contributed by atoms with Gasteiger partial charge in [-0.25, -0.2) is 4.79 Å². The van der Waals surface area contributed by atoms with Crippen molar-refractivity contribution in [2.75, 3.05) is 0 Å². The highest BCUT2D eigenvalue weighted by atomic mass is 16.6. The van der Waals surface area contributed by atoms with Gasteiger partial charge in [0.2, 0.25) is 0 Å². The van der Waals surface area contributed by atoms with Crippen LogP contribution in [0.5, 0.6) is 23.0 Å². The number of hydrogen-bond donors (Lipinski definition) is 6. The molecule has 0 amide bonds. The van der Waals surface area contributed by atoms with Crippen LogP contribution >= 0.6 is 0 Å². The fourth-order valence-electron chi connectivity index (χ4n) is 4.22. The standard InChI is InChI=1S/C20H12O5.C6H12O5/c21-11-5-7-15-17(9-11)24-18-10-12(22)6-8-16(18)20(15)14-4-2-1-3-13(14)19(23)25-20;1-3(8)5(10)6(11)4(9)2-7/h1-10,21-22H;2-6,8-11H,1H3/t;3-,4-,5-,6-/m.0/s1. The van der Waals surface area contributed by atoms with Gasteiger partial charge in [-0.3, -0.25) is 0 Å². The average molecular weight is 496 g/mol. The Bertz CT molecular complexity index is 1250. The molecule has 10 nitrogen and oxygen atoms in total. The van der Waals surface area contributed by atoms with Crippen molar-refractivity contribution in [1.82, 2.24) is 0 Å². The second kappa shape index (κ2) is 9.59. The summed E-state index contributed by atoms with van der Waals surface area (Å²) in [7, 11) is 0. The first-order valence-corrected chi connectivity index (χ1v) is 11.0. The molecule has 36 heavy (non-hydrogen) atoms. The van der Waals surface area contributed by atoms with Gasteiger partial charge >= 0.3 is 5.97 Å². The third kappa shape index (κ3) is 4.16. The first kappa shape index (κ1) is 25.1. The van der Waals surface area contributed by atoms with Gasteiger partial charge in [-0.1, -0.05) is 18.2 Å². The molecule has 188 valence electrons. The number of fused-ring (bicyclic) bond motifs is 6. The average Bonchev–Trinajstić information content (AvgIpc) is 3.15. The van der Waals surface area contributed by atoms with Gasteiger partial charge in [0.1, 0.15) is 41.3 Å². The summed E-state index contributed by atoms with van der Waals surface area (Å²) in [5, 5.41) is 54.8. The van der Waals surface area contributed by atoms with E-state index in [0.29, 0.717) is 33.8 Å². The predicted octanol–water partition coefficient (Wildman–Crippen LogP) is 1.31. The van der Waals surface area contributed by atoms with Gasteiger partial charge in [0.25, 0.3) is 0 Å². The van der Waals surface area contributed by atoms with E-state index in [-0.39, 0.29) is 17.8 Å². The largest absolute Gasteiger partial charge is 0.508 e. The van der Waals surface area contributed by atoms with Gasteiger partial charge in [-0.2, -0.15) is 0 Å². The Kier molecular flexibility index (Phi) is 6.70. The third-order valence-corrected chi connectivity index (χ3v) is 6.01. The zero-order valence-electron chi connectivity index (χ0n) is 19.0. The fourth-order valence-corrected chi connectivity index (χ4v) is 4.22. The van der Waals surface area contributed by atoms with Crippen LogP contribution in [0.25, 0.3) is 0 Å². The van der Waals surface area contributed by atoms with E-state index in [1.165, 1.54) is 31.2 Å². The summed E-state index contributed by atoms with van der Waals surface area (Å²) in [5.41, 5.74) is 1.28. The van der Waals surface area contributed by atoms with Crippen molar-refractivity contribution in [3.8, 4) is 23.0 Å². The molecule has 0 saturated heterocycles. The number of phenols is 2. The molecule has 3 aromatic carbocycles. The minimum absolute atomic E-state index is 0.0371. The van der Waals surface area contributed by atoms with Crippen molar-refractivity contribution in [2.24, 2.45) is 0 Å². The van der Waals surface area contributed by atoms with E-state index in [0.717, 1.165) is 0 Å². The number of carbonyl (C=O) groups excluding carboxylic acids is 2. The van der Waals surface area contributed by atoms with E-state index in [2.05, 4.69) is 0 Å². The van der Waals surface area contributed by atoms with E-state index in [1.807, 2.05) is 12.1 Å². The lowest BCUT2D eigenvalue weighted by molar-refractivity contribution is -0.132. The summed E-state index contributed by atoms with van der Waals surface area (Å²) < 4.78 is 11.8. The van der Waals surface area contributed by atoms with Crippen LogP contribution in [0.15, 0.2) is 60.7 Å². The number of ether oxygens (including phenoxy) is 2. The van der Waals surface area contributed by atoms with Crippen molar-refractivity contribution in [2.45, 2.75) is 36.9 Å². The van der Waals surface area contributed by atoms with Crippen molar-refractivity contribution < 1.29 is 49.7 Å². The van der Waals surface area contributed by atoms with Gasteiger partial charge < -0.3 is 44.9 Å². The second-order valence-corrected chi connectivity index (χ2v) is 8.43. The fraction of sp³-hybridized carbons (Fsp3) is 0.231. The Morgan fingerprint density at radius 3 is 1.89 bits per heavy atom. The second-order valence-electron chi connectivity index (χ2n) is 8.43. The molecule has 2 aliphatic heterocycles. The molecule has 2 heterocycles. The number of aliphatic hydroxyl groups excluding tert-OH is 4. The zero-order valence-corrected chi connectivity index (χ0v) is 19.0. The topological polar surface area (TPSA) is 174 Å². The number of phenolic OH excluding ortho intramolecular Hbond substituents is 2. The lowest BCUT2D eigenvalue weighted by atomic mass is 9.77. The number of esters is 1. The van der Waals surface area contributed by atoms with Crippen molar-refractivity contribution in [3.63, 3.8) is 0 Å². The van der Waals surface area contributed by atoms with E-state index < -0.39 is 36.0 Å². The summed E-state index contributed by atoms with van der Waals surface area (Å²) in [5.74, 6) is 0.408. The van der Waals surface area contributed by atoms with E-state index in [1.54, 1.807) is 24.3 Å². The Morgan fingerprint density at radius 2 is 1.36 bits per heavy atom. The molecule has 0 unspecified atom stereocenters. The molecule has 6 N–H and O–H groups in total. The maximum Gasteiger partial charge on any atom is 0.340 e. The summed E-state index contributed by atoms with van der Waals surface area (Å²) in [6.07, 6.45) is -5.88. The first-order chi connectivity index (χ1) is 17.1. The molecular weight excluding hydrogens is 472 g/mol. The van der Waals surface area contributed by atoms with Crippen molar-refractivity contribution in [1.29, 1.82) is 0 Å². The van der Waals surface area contributed by atoms with Crippen molar-refractivity contribution in [3.05, 3.63) is 82.9 Å². The number of carbonyl (C=O) groups is 2. The maximum atomic E-state index is 12.5. The Balaban J connectivity index is 0.000000237. The molecule has 0 bridgehead atoms. The lowest BCUT2D eigenvalue weighted by Crippen LogP contribution is -2.43. The summed E-state index contributed by atoms with van der Waals surface area (Å²) in [6, 6.07) is 16.6. The summed E-state index contributed by atoms with van der Waals surface area (Å²) in [6.45, 7) is 1.24. The molecule has 0 radical (unpaired) electrons. The van der Waals surface area contributed by atoms with Crippen LogP contribution in [-0.4, -0.2) is 67.3 Å². The van der Waals surface area contributed by atoms with Crippen LogP contribution in [0.4, 0.5) is 0 Å². The highest BCUT2D eigenvalue weighted by Crippen LogP contribution is 2.56. The Hall–Kier alpha value is -3.96. The zero-order chi connectivity index (χ0) is 26.2. The molecule has 2 aliphatic rings. The normalized spacial score (nSPS) is 17.6. The highest BCUT2D eigenvalue weighted by Gasteiger charge is 2.53. The van der Waals surface area contributed by atoms with E-state index in [4.69, 9.17) is 29.9 Å². The maximum absolute atomic E-state index is 12.5. The summed E-state index contributed by atoms with van der Waals surface area (Å²) >= 11 is 0. The quantitative estimate of drug-likeness (QED) is 0.228. The smallest absolute Gasteiger partial charge is 0.340 e. The van der Waals surface area contributed by atoms with Crippen LogP contribution in [0.3, 0.4) is 0 Å². The minimum Gasteiger partial charge on any atom is -0.508 e. The molecule has 10 heteroatoms. The van der Waals surface area contributed by atoms with Crippen LogP contribution in [0, 0.1) is 0 Å². The van der Waals surface area contributed by atoms with E-state index >= 15 is 0 Å². The van der Waals surface area contributed by atoms with Crippen LogP contribution in [0.1, 0.15) is 34.0 Å². The highest BCUT2D eigenvalue weighted by molar-refractivity contribution is 5.97. The Morgan fingerprint density at radius 1 is 0.806 bits per heavy atom. The van der Waals surface area contributed by atoms with E-state index in [9.17, 15) is 19.8 Å². The van der Waals surface area contributed by atoms with Crippen LogP contribution < -0.4 is 4.74 Å². The van der Waals surface area contributed by atoms with Gasteiger partial charge in [0.15, 0.2) is 11.9 Å². The third-order valence-electron chi connectivity index (χ3n) is 6.01. The molecule has 3 aromatic rings. The Labute approximate surface area is 205 Å². The minimum atomic E-state index is -1.65. The predicted molar refractivity (Wildman–Crippen MR) is 124 cm³/mol. The molecule has 4 atom stereocenters. The number of hydrogen-bond acceptors (Lipinski definition) is 10. The van der Waals surface area contributed by atoms with Gasteiger partial charge in [-0.15, -0.1) is 0 Å². The molecule has 0 fully saturated rings. The monoisotopic (exact) mass is 496 g/mol. The summed E-state index contributed by atoms with van der Waals surface area (Å²) in [4.78, 5) is 22.4. The van der Waals surface area contributed by atoms with Gasteiger partial charge in [0, 0.05) is 28.8 Å². The lowest BCUT2D eigenvalue weighted by Gasteiger charge is -2.36. The first-order valence-electron chi connectivity index (χ1n) is 11.0. The van der Waals surface area contributed by atoms with Crippen molar-refractivity contribution >= 4 is 12.3 Å². The molecule has 0 aliphatic carbocycles. The number of benzene rings is 3. The number of rotatable bonds is 4. The SMILES string of the molecule is C[C@H](O)[C@H](O)[C@@H](O)[C@@H](O)C=O.O=C1OC2(c3ccc(O)cc3Oc3cc(O)ccc32)c2ccccc21. The van der Waals surface area contributed by atoms with Gasteiger partial charge in [0.05, 0.1) is 11.7 Å². The molecule has 5 rings (SSSR count). The van der Waals surface area contributed by atoms with Gasteiger partial charge in [-0.05, 0) is 37.3 Å². The number of aldehydes is 1. The number of aliphatic hydroxyl groups is 4. The molecule has 1 spiro atoms. The van der Waals surface area contributed by atoms with Crippen LogP contribution in [0.2, 0.25) is 0 Å².